The highest BCUT2D eigenvalue weighted by atomic mass is 32.2. The van der Waals surface area contributed by atoms with E-state index in [1.165, 1.54) is 4.31 Å². The molecule has 20 heavy (non-hydrogen) atoms. The average Bonchev–Trinajstić information content (AvgIpc) is 3.06. The summed E-state index contributed by atoms with van der Waals surface area (Å²) in [6.45, 7) is 2.22. The third-order valence-corrected chi connectivity index (χ3v) is 7.38. The zero-order valence-electron chi connectivity index (χ0n) is 10.9. The number of carboxylic acids is 1. The van der Waals surface area contributed by atoms with Crippen molar-refractivity contribution in [3.05, 3.63) is 16.0 Å². The van der Waals surface area contributed by atoms with E-state index in [1.807, 2.05) is 0 Å². The quantitative estimate of drug-likeness (QED) is 0.864. The number of sulfonamides is 1. The highest BCUT2D eigenvalue weighted by Crippen LogP contribution is 2.36. The molecule has 0 unspecified atom stereocenters. The minimum Gasteiger partial charge on any atom is -0.478 e. The highest BCUT2D eigenvalue weighted by molar-refractivity contribution is 7.91. The maximum atomic E-state index is 12.6. The van der Waals surface area contributed by atoms with Crippen LogP contribution < -0.4 is 5.32 Å². The van der Waals surface area contributed by atoms with Crippen LogP contribution in [0.1, 0.15) is 33.6 Å². The summed E-state index contributed by atoms with van der Waals surface area (Å²) in [6.07, 6.45) is 2.26. The first-order chi connectivity index (χ1) is 9.51. The molecule has 0 spiro atoms. The molecule has 110 valence electrons. The number of fused-ring (bicyclic) bond motifs is 1. The molecule has 1 aromatic rings. The largest absolute Gasteiger partial charge is 0.478 e. The van der Waals surface area contributed by atoms with E-state index in [2.05, 4.69) is 5.32 Å². The lowest BCUT2D eigenvalue weighted by molar-refractivity contribution is 0.0692. The van der Waals surface area contributed by atoms with E-state index in [1.54, 1.807) is 0 Å². The van der Waals surface area contributed by atoms with Crippen LogP contribution in [-0.2, 0) is 23.0 Å². The van der Waals surface area contributed by atoms with Crippen molar-refractivity contribution in [2.45, 2.75) is 30.0 Å². The first kappa shape index (κ1) is 14.0. The Hall–Kier alpha value is -0.960. The molecular weight excluding hydrogens is 300 g/mol. The topological polar surface area (TPSA) is 86.7 Å². The van der Waals surface area contributed by atoms with Gasteiger partial charge in [-0.3, -0.25) is 0 Å². The molecule has 0 amide bonds. The summed E-state index contributed by atoms with van der Waals surface area (Å²) in [4.78, 5) is 12.4. The zero-order valence-corrected chi connectivity index (χ0v) is 12.5. The first-order valence-corrected chi connectivity index (χ1v) is 8.86. The van der Waals surface area contributed by atoms with Crippen LogP contribution in [0.5, 0.6) is 0 Å². The van der Waals surface area contributed by atoms with Crippen LogP contribution in [0.4, 0.5) is 0 Å². The van der Waals surface area contributed by atoms with Crippen molar-refractivity contribution < 1.29 is 18.3 Å². The Morgan fingerprint density at radius 3 is 2.65 bits per heavy atom. The molecule has 0 aliphatic carbocycles. The Morgan fingerprint density at radius 1 is 1.30 bits per heavy atom. The minimum atomic E-state index is -3.67. The molecule has 0 bridgehead atoms. The van der Waals surface area contributed by atoms with Gasteiger partial charge in [0.2, 0.25) is 0 Å². The van der Waals surface area contributed by atoms with Crippen molar-refractivity contribution in [1.29, 1.82) is 0 Å². The molecule has 0 aromatic carbocycles. The summed E-state index contributed by atoms with van der Waals surface area (Å²) in [5.74, 6) is -1.14. The fourth-order valence-electron chi connectivity index (χ4n) is 2.75. The van der Waals surface area contributed by atoms with Crippen molar-refractivity contribution in [2.24, 2.45) is 0 Å². The summed E-state index contributed by atoms with van der Waals surface area (Å²) in [5.41, 5.74) is 0.692. The van der Waals surface area contributed by atoms with Crippen LogP contribution in [-0.4, -0.2) is 43.4 Å². The number of hydrogen-bond acceptors (Lipinski definition) is 5. The van der Waals surface area contributed by atoms with Gasteiger partial charge in [0, 0.05) is 24.5 Å². The van der Waals surface area contributed by atoms with Crippen LogP contribution in [0, 0.1) is 0 Å². The van der Waals surface area contributed by atoms with Gasteiger partial charge >= 0.3 is 5.97 Å². The summed E-state index contributed by atoms with van der Waals surface area (Å²) in [6, 6.07) is 0. The summed E-state index contributed by atoms with van der Waals surface area (Å²) < 4.78 is 26.7. The lowest BCUT2D eigenvalue weighted by Gasteiger charge is -2.15. The van der Waals surface area contributed by atoms with Crippen molar-refractivity contribution in [3.8, 4) is 0 Å². The predicted octanol–water partition coefficient (Wildman–Crippen LogP) is 0.876. The number of carbonyl (C=O) groups is 1. The van der Waals surface area contributed by atoms with Gasteiger partial charge in [-0.1, -0.05) is 0 Å². The van der Waals surface area contributed by atoms with E-state index in [9.17, 15) is 18.3 Å². The molecule has 1 saturated heterocycles. The van der Waals surface area contributed by atoms with Crippen LogP contribution in [0.3, 0.4) is 0 Å². The zero-order chi connectivity index (χ0) is 14.3. The van der Waals surface area contributed by atoms with Gasteiger partial charge in [-0.15, -0.1) is 11.3 Å². The van der Waals surface area contributed by atoms with Gasteiger partial charge in [-0.2, -0.15) is 4.31 Å². The predicted molar refractivity (Wildman–Crippen MR) is 74.7 cm³/mol. The Balaban J connectivity index is 2.13. The smallest absolute Gasteiger partial charge is 0.338 e. The van der Waals surface area contributed by atoms with E-state index in [-0.39, 0.29) is 9.77 Å². The molecule has 2 aliphatic heterocycles. The van der Waals surface area contributed by atoms with Gasteiger partial charge in [0.1, 0.15) is 4.21 Å². The Morgan fingerprint density at radius 2 is 2.00 bits per heavy atom. The number of nitrogens with zero attached hydrogens (tertiary/aromatic N) is 1. The van der Waals surface area contributed by atoms with Gasteiger partial charge in [0.05, 0.1) is 5.56 Å². The molecule has 2 N–H and O–H groups in total. The number of aromatic carboxylic acids is 1. The van der Waals surface area contributed by atoms with Gasteiger partial charge in [0.25, 0.3) is 10.0 Å². The molecule has 2 aliphatic rings. The van der Waals surface area contributed by atoms with E-state index in [0.29, 0.717) is 38.2 Å². The number of thiophene rings is 1. The Bertz CT molecular complexity index is 645. The lowest BCUT2D eigenvalue weighted by Crippen LogP contribution is -2.28. The Kier molecular flexibility index (Phi) is 3.57. The van der Waals surface area contributed by atoms with Gasteiger partial charge in [-0.25, -0.2) is 13.2 Å². The lowest BCUT2D eigenvalue weighted by atomic mass is 10.1. The van der Waals surface area contributed by atoms with Gasteiger partial charge in [0.15, 0.2) is 0 Å². The monoisotopic (exact) mass is 316 g/mol. The van der Waals surface area contributed by atoms with Crippen LogP contribution in [0.15, 0.2) is 4.21 Å². The van der Waals surface area contributed by atoms with E-state index in [4.69, 9.17) is 0 Å². The molecule has 0 radical (unpaired) electrons. The third-order valence-electron chi connectivity index (χ3n) is 3.75. The molecule has 3 heterocycles. The van der Waals surface area contributed by atoms with Crippen molar-refractivity contribution in [2.75, 3.05) is 19.6 Å². The van der Waals surface area contributed by atoms with E-state index >= 15 is 0 Å². The van der Waals surface area contributed by atoms with E-state index < -0.39 is 16.0 Å². The normalized spacial score (nSPS) is 20.0. The van der Waals surface area contributed by atoms with Crippen molar-refractivity contribution >= 4 is 27.3 Å². The number of carboxylic acid groups (broad SMARTS) is 1. The second-order valence-corrected chi connectivity index (χ2v) is 8.25. The first-order valence-electron chi connectivity index (χ1n) is 6.60. The summed E-state index contributed by atoms with van der Waals surface area (Å²) in [7, 11) is -3.67. The summed E-state index contributed by atoms with van der Waals surface area (Å²) >= 11 is 1.11. The fraction of sp³-hybridized carbons (Fsp3) is 0.583. The van der Waals surface area contributed by atoms with Crippen LogP contribution in [0.25, 0.3) is 0 Å². The van der Waals surface area contributed by atoms with E-state index in [0.717, 1.165) is 29.1 Å². The SMILES string of the molecule is O=C(O)c1c(S(=O)(=O)N2CCCC2)sc2c1CCNC2. The highest BCUT2D eigenvalue weighted by Gasteiger charge is 2.36. The number of rotatable bonds is 3. The number of nitrogens with one attached hydrogen (secondary N) is 1. The Labute approximate surface area is 121 Å². The molecule has 0 saturated carbocycles. The maximum absolute atomic E-state index is 12.6. The minimum absolute atomic E-state index is 0.00148. The second kappa shape index (κ2) is 5.10. The molecule has 3 rings (SSSR count). The molecule has 6 nitrogen and oxygen atoms in total. The van der Waals surface area contributed by atoms with Gasteiger partial charge in [-0.05, 0) is 31.4 Å². The third kappa shape index (κ3) is 2.16. The van der Waals surface area contributed by atoms with Crippen molar-refractivity contribution in [3.63, 3.8) is 0 Å². The fourth-order valence-corrected chi connectivity index (χ4v) is 6.27. The van der Waals surface area contributed by atoms with Gasteiger partial charge < -0.3 is 10.4 Å². The van der Waals surface area contributed by atoms with Crippen LogP contribution in [0.2, 0.25) is 0 Å². The molecule has 0 atom stereocenters. The molecule has 1 aromatic heterocycles. The van der Waals surface area contributed by atoms with Crippen LogP contribution >= 0.6 is 11.3 Å². The maximum Gasteiger partial charge on any atom is 0.338 e. The number of hydrogen-bond donors (Lipinski definition) is 2. The summed E-state index contributed by atoms with van der Waals surface area (Å²) in [5, 5.41) is 12.6. The molecule has 8 heteroatoms. The van der Waals surface area contributed by atoms with Crippen molar-refractivity contribution in [1.82, 2.24) is 9.62 Å². The molecule has 1 fully saturated rings. The standard InChI is InChI=1S/C12H16N2O4S2/c15-11(16)10-8-3-4-13-7-9(8)19-12(10)20(17,18)14-5-1-2-6-14/h13H,1-7H2,(H,15,16). The average molecular weight is 316 g/mol. The molecular formula is C12H16N2O4S2. The second-order valence-electron chi connectivity index (χ2n) is 5.01.